The van der Waals surface area contributed by atoms with Crippen LogP contribution in [0.4, 0.5) is 11.4 Å². The van der Waals surface area contributed by atoms with Crippen LogP contribution in [0.1, 0.15) is 15.9 Å². The number of aromatic amines is 1. The van der Waals surface area contributed by atoms with E-state index in [0.717, 1.165) is 22.4 Å². The lowest BCUT2D eigenvalue weighted by molar-refractivity contribution is 0.0995. The van der Waals surface area contributed by atoms with Gasteiger partial charge in [-0.05, 0) is 48.2 Å². The Labute approximate surface area is 176 Å². The molecule has 0 unspecified atom stereocenters. The number of fused-ring (bicyclic) bond motifs is 1. The highest BCUT2D eigenvalue weighted by Gasteiger charge is 2.16. The Morgan fingerprint density at radius 1 is 1.10 bits per heavy atom. The molecule has 0 radical (unpaired) electrons. The van der Waals surface area contributed by atoms with Crippen LogP contribution in [-0.4, -0.2) is 24.4 Å². The summed E-state index contributed by atoms with van der Waals surface area (Å²) < 4.78 is 27.2. The van der Waals surface area contributed by atoms with Crippen molar-refractivity contribution in [2.45, 2.75) is 11.1 Å². The number of nitrogens with zero attached hydrogens (tertiary/aromatic N) is 2. The summed E-state index contributed by atoms with van der Waals surface area (Å²) in [5, 5.41) is 20.0. The normalized spacial score (nSPS) is 11.9. The Balaban J connectivity index is 1.52. The number of aromatic hydroxyl groups is 1. The number of hydrogen-bond donors (Lipinski definition) is 3. The number of aryl methyl sites for hydroxylation is 1. The molecule has 8 nitrogen and oxygen atoms in total. The molecule has 1 amide bonds. The Morgan fingerprint density at radius 3 is 2.57 bits per heavy atom. The minimum Gasteiger partial charge on any atom is -0.493 e. The van der Waals surface area contributed by atoms with E-state index in [4.69, 9.17) is 0 Å². The number of anilines is 1. The minimum absolute atomic E-state index is 0.172. The molecule has 2 heterocycles. The van der Waals surface area contributed by atoms with Gasteiger partial charge in [-0.2, -0.15) is 0 Å². The Bertz CT molecular complexity index is 1360. The highest BCUT2D eigenvalue weighted by Crippen LogP contribution is 2.36. The van der Waals surface area contributed by atoms with Gasteiger partial charge < -0.3 is 10.1 Å². The third-order valence-electron chi connectivity index (χ3n) is 4.38. The second-order valence-electron chi connectivity index (χ2n) is 6.44. The van der Waals surface area contributed by atoms with Gasteiger partial charge in [0, 0.05) is 16.6 Å². The first kappa shape index (κ1) is 19.8. The van der Waals surface area contributed by atoms with Crippen LogP contribution in [0.3, 0.4) is 0 Å². The molecule has 0 spiro atoms. The van der Waals surface area contributed by atoms with Gasteiger partial charge in [0.1, 0.15) is 4.21 Å². The summed E-state index contributed by atoms with van der Waals surface area (Å²) in [6.45, 7) is 1.89. The molecule has 4 rings (SSSR count). The lowest BCUT2D eigenvalue weighted by Gasteiger charge is -2.06. The van der Waals surface area contributed by atoms with Crippen molar-refractivity contribution in [3.05, 3.63) is 71.1 Å². The van der Waals surface area contributed by atoms with E-state index in [-0.39, 0.29) is 21.3 Å². The van der Waals surface area contributed by atoms with Gasteiger partial charge in [0.05, 0.1) is 5.52 Å². The van der Waals surface area contributed by atoms with Crippen LogP contribution >= 0.6 is 11.3 Å². The number of para-hydroxylation sites is 1. The van der Waals surface area contributed by atoms with Crippen molar-refractivity contribution < 1.29 is 18.3 Å². The Kier molecular flexibility index (Phi) is 5.10. The third kappa shape index (κ3) is 3.82. The summed E-state index contributed by atoms with van der Waals surface area (Å²) in [4.78, 5) is 15.2. The van der Waals surface area contributed by atoms with Crippen LogP contribution in [0.2, 0.25) is 0 Å². The molecule has 0 saturated heterocycles. The van der Waals surface area contributed by atoms with Gasteiger partial charge in [-0.25, -0.2) is 8.42 Å². The molecule has 2 aromatic heterocycles. The summed E-state index contributed by atoms with van der Waals surface area (Å²) >= 11 is 1.11. The highest BCUT2D eigenvalue weighted by molar-refractivity contribution is 7.94. The van der Waals surface area contributed by atoms with Crippen molar-refractivity contribution in [1.29, 1.82) is 0 Å². The second-order valence-corrected chi connectivity index (χ2v) is 9.30. The maximum Gasteiger partial charge on any atom is 0.295 e. The zero-order valence-electron chi connectivity index (χ0n) is 15.7. The van der Waals surface area contributed by atoms with Gasteiger partial charge in [0.25, 0.3) is 15.9 Å². The molecule has 0 bridgehead atoms. The lowest BCUT2D eigenvalue weighted by atomic mass is 10.1. The molecule has 152 valence electrons. The number of azo groups is 1. The van der Waals surface area contributed by atoms with Crippen LogP contribution < -0.4 is 4.72 Å². The van der Waals surface area contributed by atoms with Crippen molar-refractivity contribution in [3.8, 4) is 5.88 Å². The molecule has 2 aromatic carbocycles. The van der Waals surface area contributed by atoms with Gasteiger partial charge in [-0.15, -0.1) is 21.6 Å². The van der Waals surface area contributed by atoms with Crippen molar-refractivity contribution >= 4 is 49.5 Å². The third-order valence-corrected chi connectivity index (χ3v) is 7.16. The number of rotatable bonds is 5. The van der Waals surface area contributed by atoms with E-state index in [2.05, 4.69) is 19.9 Å². The second kappa shape index (κ2) is 7.73. The fourth-order valence-corrected chi connectivity index (χ4v) is 4.94. The number of amides is 1. The average Bonchev–Trinajstić information content (AvgIpc) is 3.36. The van der Waals surface area contributed by atoms with Crippen LogP contribution in [0, 0.1) is 6.92 Å². The number of sulfonamides is 1. The number of carbonyl (C=O) groups excluding carboxylic acids is 1. The van der Waals surface area contributed by atoms with Gasteiger partial charge in [-0.3, -0.25) is 9.52 Å². The molecular weight excluding hydrogens is 424 g/mol. The molecule has 0 atom stereocenters. The molecule has 3 N–H and O–H groups in total. The van der Waals surface area contributed by atoms with Gasteiger partial charge in [0.15, 0.2) is 5.69 Å². The SMILES string of the molecule is Cc1cccc2c(N=NC(=O)c3ccc(NS(=O)(=O)c4cccs4)cc3)c(O)[nH]c12. The first-order valence-corrected chi connectivity index (χ1v) is 11.1. The quantitative estimate of drug-likeness (QED) is 0.379. The molecule has 4 aromatic rings. The van der Waals surface area contributed by atoms with Gasteiger partial charge in [0.2, 0.25) is 5.88 Å². The smallest absolute Gasteiger partial charge is 0.295 e. The molecule has 0 aliphatic heterocycles. The van der Waals surface area contributed by atoms with Gasteiger partial charge in [-0.1, -0.05) is 24.3 Å². The van der Waals surface area contributed by atoms with E-state index in [1.807, 2.05) is 19.1 Å². The summed E-state index contributed by atoms with van der Waals surface area (Å²) in [7, 11) is -3.66. The molecular formula is C20H16N4O4S2. The fourth-order valence-electron chi connectivity index (χ4n) is 2.89. The van der Waals surface area contributed by atoms with E-state index in [0.29, 0.717) is 11.1 Å². The van der Waals surface area contributed by atoms with E-state index in [9.17, 15) is 18.3 Å². The van der Waals surface area contributed by atoms with Crippen molar-refractivity contribution in [3.63, 3.8) is 0 Å². The molecule has 0 fully saturated rings. The number of aromatic nitrogens is 1. The lowest BCUT2D eigenvalue weighted by Crippen LogP contribution is -2.11. The summed E-state index contributed by atoms with van der Waals surface area (Å²) in [6, 6.07) is 14.5. The number of hydrogen-bond acceptors (Lipinski definition) is 6. The van der Waals surface area contributed by atoms with Crippen LogP contribution in [-0.2, 0) is 10.0 Å². The maximum absolute atomic E-state index is 12.3. The summed E-state index contributed by atoms with van der Waals surface area (Å²) in [6.07, 6.45) is 0. The summed E-state index contributed by atoms with van der Waals surface area (Å²) in [5.74, 6) is -0.793. The number of H-pyrrole nitrogens is 1. The fraction of sp³-hybridized carbons (Fsp3) is 0.0500. The maximum atomic E-state index is 12.3. The zero-order valence-corrected chi connectivity index (χ0v) is 17.3. The monoisotopic (exact) mass is 440 g/mol. The predicted octanol–water partition coefficient (Wildman–Crippen LogP) is 4.97. The van der Waals surface area contributed by atoms with Crippen molar-refractivity contribution in [2.75, 3.05) is 4.72 Å². The number of carbonyl (C=O) groups is 1. The van der Waals surface area contributed by atoms with Gasteiger partial charge >= 0.3 is 0 Å². The van der Waals surface area contributed by atoms with Crippen molar-refractivity contribution in [2.24, 2.45) is 10.2 Å². The molecule has 0 aliphatic carbocycles. The minimum atomic E-state index is -3.66. The van der Waals surface area contributed by atoms with E-state index >= 15 is 0 Å². The largest absolute Gasteiger partial charge is 0.493 e. The molecule has 10 heteroatoms. The van der Waals surface area contributed by atoms with Crippen LogP contribution in [0.25, 0.3) is 10.9 Å². The average molecular weight is 441 g/mol. The number of nitrogens with one attached hydrogen (secondary N) is 2. The number of thiophene rings is 1. The van der Waals surface area contributed by atoms with Crippen LogP contribution in [0.5, 0.6) is 5.88 Å². The summed E-state index contributed by atoms with van der Waals surface area (Å²) in [5.41, 5.74) is 2.38. The van der Waals surface area contributed by atoms with E-state index < -0.39 is 15.9 Å². The van der Waals surface area contributed by atoms with E-state index in [1.54, 1.807) is 17.5 Å². The molecule has 0 aliphatic rings. The molecule has 0 saturated carbocycles. The van der Waals surface area contributed by atoms with Crippen LogP contribution in [0.15, 0.2) is 74.4 Å². The number of benzene rings is 2. The predicted molar refractivity (Wildman–Crippen MR) is 115 cm³/mol. The highest BCUT2D eigenvalue weighted by atomic mass is 32.2. The standard InChI is InChI=1S/C20H16N4O4S2/c1-12-4-2-5-15-17(12)21-20(26)18(15)22-23-19(25)13-7-9-14(10-8-13)24-30(27,28)16-6-3-11-29-16/h2-11,21,24,26H,1H3. The first-order chi connectivity index (χ1) is 14.3. The zero-order chi connectivity index (χ0) is 21.3. The first-order valence-electron chi connectivity index (χ1n) is 8.78. The topological polar surface area (TPSA) is 124 Å². The molecule has 30 heavy (non-hydrogen) atoms. The Morgan fingerprint density at radius 2 is 1.87 bits per heavy atom. The van der Waals surface area contributed by atoms with E-state index in [1.165, 1.54) is 30.3 Å². The Hall–Kier alpha value is -3.50. The van der Waals surface area contributed by atoms with Crippen molar-refractivity contribution in [1.82, 2.24) is 4.98 Å².